The molecule has 0 aliphatic carbocycles. The summed E-state index contributed by atoms with van der Waals surface area (Å²) < 4.78 is 4.44. The summed E-state index contributed by atoms with van der Waals surface area (Å²) in [5.41, 5.74) is 2.60. The zero-order valence-corrected chi connectivity index (χ0v) is 14.8. The number of hydrogen-bond donors (Lipinski definition) is 1. The van der Waals surface area contributed by atoms with E-state index in [-0.39, 0.29) is 6.04 Å². The summed E-state index contributed by atoms with van der Waals surface area (Å²) in [6.07, 6.45) is 0.940. The van der Waals surface area contributed by atoms with Gasteiger partial charge in [0.15, 0.2) is 5.82 Å². The second-order valence-corrected chi connectivity index (χ2v) is 6.65. The lowest BCUT2D eigenvalue weighted by Crippen LogP contribution is -2.23. The summed E-state index contributed by atoms with van der Waals surface area (Å²) in [5.74, 6) is 0.845. The van der Waals surface area contributed by atoms with E-state index < -0.39 is 0 Å². The lowest BCUT2D eigenvalue weighted by molar-refractivity contribution is 0.521. The van der Waals surface area contributed by atoms with Crippen molar-refractivity contribution in [3.63, 3.8) is 0 Å². The quantitative estimate of drug-likeness (QED) is 0.713. The number of hydrogen-bond acceptors (Lipinski definition) is 5. The molecule has 0 aliphatic heterocycles. The van der Waals surface area contributed by atoms with Gasteiger partial charge >= 0.3 is 0 Å². The largest absolute Gasteiger partial charge is 0.353 e. The van der Waals surface area contributed by atoms with Crippen molar-refractivity contribution in [3.05, 3.63) is 77.6 Å². The molecular weight excluding hydrogens is 316 g/mol. The van der Waals surface area contributed by atoms with Gasteiger partial charge in [-0.1, -0.05) is 60.7 Å². The van der Waals surface area contributed by atoms with Gasteiger partial charge in [-0.3, -0.25) is 0 Å². The highest BCUT2D eigenvalue weighted by atomic mass is 32.1. The van der Waals surface area contributed by atoms with E-state index >= 15 is 0 Å². The first kappa shape index (κ1) is 16.6. The fraction of sp³-hybridized carbons (Fsp3) is 0.263. The van der Waals surface area contributed by atoms with Crippen molar-refractivity contribution in [3.8, 4) is 0 Å². The fourth-order valence-electron chi connectivity index (χ4n) is 2.56. The summed E-state index contributed by atoms with van der Waals surface area (Å²) in [7, 11) is 3.97. The number of nitrogens with zero attached hydrogens (tertiary/aromatic N) is 3. The number of anilines is 1. The highest BCUT2D eigenvalue weighted by molar-refractivity contribution is 7.09. The summed E-state index contributed by atoms with van der Waals surface area (Å²) in [6, 6.07) is 21.4. The molecule has 0 aliphatic rings. The van der Waals surface area contributed by atoms with Crippen molar-refractivity contribution in [2.75, 3.05) is 19.0 Å². The first-order chi connectivity index (χ1) is 11.7. The van der Waals surface area contributed by atoms with Gasteiger partial charge in [0.2, 0.25) is 5.13 Å². The first-order valence-corrected chi connectivity index (χ1v) is 8.82. The van der Waals surface area contributed by atoms with E-state index in [4.69, 9.17) is 0 Å². The van der Waals surface area contributed by atoms with Crippen LogP contribution in [0, 0.1) is 0 Å². The molecule has 24 heavy (non-hydrogen) atoms. The van der Waals surface area contributed by atoms with Gasteiger partial charge in [0, 0.05) is 31.7 Å². The van der Waals surface area contributed by atoms with E-state index in [1.807, 2.05) is 19.0 Å². The summed E-state index contributed by atoms with van der Waals surface area (Å²) in [6.45, 7) is 0.663. The fourth-order valence-corrected chi connectivity index (χ4v) is 3.16. The Morgan fingerprint density at radius 2 is 1.67 bits per heavy atom. The lowest BCUT2D eigenvalue weighted by atomic mass is 9.99. The van der Waals surface area contributed by atoms with Crippen LogP contribution in [0.25, 0.3) is 0 Å². The number of benzene rings is 2. The Morgan fingerprint density at radius 1 is 1.00 bits per heavy atom. The average Bonchev–Trinajstić information content (AvgIpc) is 3.09. The molecule has 1 N–H and O–H groups in total. The average molecular weight is 338 g/mol. The minimum Gasteiger partial charge on any atom is -0.353 e. The van der Waals surface area contributed by atoms with Crippen molar-refractivity contribution in [2.45, 2.75) is 19.0 Å². The predicted octanol–water partition coefficient (Wildman–Crippen LogP) is 3.68. The predicted molar refractivity (Wildman–Crippen MR) is 100 cm³/mol. The van der Waals surface area contributed by atoms with E-state index in [1.54, 1.807) is 0 Å². The van der Waals surface area contributed by atoms with Crippen LogP contribution in [0.3, 0.4) is 0 Å². The van der Waals surface area contributed by atoms with Gasteiger partial charge < -0.3 is 10.2 Å². The van der Waals surface area contributed by atoms with Crippen LogP contribution in [0.2, 0.25) is 0 Å². The SMILES string of the molecule is CN(C)c1nc(CN[C@H](Cc2ccccc2)c2ccccc2)ns1. The van der Waals surface area contributed by atoms with Crippen LogP contribution in [0.5, 0.6) is 0 Å². The van der Waals surface area contributed by atoms with E-state index in [1.165, 1.54) is 22.7 Å². The third-order valence-corrected chi connectivity index (χ3v) is 4.75. The van der Waals surface area contributed by atoms with Gasteiger partial charge in [0.1, 0.15) is 0 Å². The molecule has 0 fully saturated rings. The standard InChI is InChI=1S/C19H22N4S/c1-23(2)19-21-18(22-24-19)14-20-17(16-11-7-4-8-12-16)13-15-9-5-3-6-10-15/h3-12,17,20H,13-14H2,1-2H3/t17-/m1/s1. The lowest BCUT2D eigenvalue weighted by Gasteiger charge is -2.19. The molecule has 4 nitrogen and oxygen atoms in total. The Bertz CT molecular complexity index is 740. The van der Waals surface area contributed by atoms with E-state index in [9.17, 15) is 0 Å². The first-order valence-electron chi connectivity index (χ1n) is 8.04. The monoisotopic (exact) mass is 338 g/mol. The molecule has 0 radical (unpaired) electrons. The van der Waals surface area contributed by atoms with Gasteiger partial charge in [-0.05, 0) is 17.5 Å². The van der Waals surface area contributed by atoms with Gasteiger partial charge in [-0.15, -0.1) is 0 Å². The molecule has 0 saturated heterocycles. The summed E-state index contributed by atoms with van der Waals surface area (Å²) in [4.78, 5) is 6.54. The molecule has 1 atom stereocenters. The van der Waals surface area contributed by atoms with Crippen LogP contribution in [-0.4, -0.2) is 23.5 Å². The van der Waals surface area contributed by atoms with Gasteiger partial charge in [0.25, 0.3) is 0 Å². The van der Waals surface area contributed by atoms with Crippen molar-refractivity contribution >= 4 is 16.7 Å². The Morgan fingerprint density at radius 3 is 2.29 bits per heavy atom. The van der Waals surface area contributed by atoms with Gasteiger partial charge in [-0.25, -0.2) is 4.98 Å². The summed E-state index contributed by atoms with van der Waals surface area (Å²) in [5, 5.41) is 4.55. The molecule has 124 valence electrons. The second kappa shape index (κ2) is 8.04. The smallest absolute Gasteiger partial charge is 0.204 e. The molecule has 0 amide bonds. The van der Waals surface area contributed by atoms with Crippen molar-refractivity contribution in [2.24, 2.45) is 0 Å². The molecular formula is C19H22N4S. The molecule has 0 spiro atoms. The Kier molecular flexibility index (Phi) is 5.56. The Hall–Kier alpha value is -2.24. The highest BCUT2D eigenvalue weighted by Crippen LogP contribution is 2.20. The van der Waals surface area contributed by atoms with Crippen molar-refractivity contribution < 1.29 is 0 Å². The molecule has 0 bridgehead atoms. The second-order valence-electron chi connectivity index (χ2n) is 5.92. The molecule has 3 aromatic rings. The maximum atomic E-state index is 4.55. The van der Waals surface area contributed by atoms with E-state index in [2.05, 4.69) is 75.3 Å². The minimum absolute atomic E-state index is 0.236. The van der Waals surface area contributed by atoms with Crippen LogP contribution < -0.4 is 10.2 Å². The third kappa shape index (κ3) is 4.40. The van der Waals surface area contributed by atoms with Crippen molar-refractivity contribution in [1.29, 1.82) is 0 Å². The summed E-state index contributed by atoms with van der Waals surface area (Å²) >= 11 is 1.43. The van der Waals surface area contributed by atoms with E-state index in [0.717, 1.165) is 17.4 Å². The van der Waals surface area contributed by atoms with Gasteiger partial charge in [0.05, 0.1) is 6.54 Å². The normalized spacial score (nSPS) is 12.1. The van der Waals surface area contributed by atoms with Crippen LogP contribution >= 0.6 is 11.5 Å². The molecule has 1 heterocycles. The van der Waals surface area contributed by atoms with Gasteiger partial charge in [-0.2, -0.15) is 4.37 Å². The Balaban J connectivity index is 1.72. The Labute approximate surface area is 147 Å². The zero-order chi connectivity index (χ0) is 16.8. The van der Waals surface area contributed by atoms with Crippen molar-refractivity contribution in [1.82, 2.24) is 14.7 Å². The van der Waals surface area contributed by atoms with Crippen LogP contribution in [0.4, 0.5) is 5.13 Å². The molecule has 0 unspecified atom stereocenters. The topological polar surface area (TPSA) is 41.1 Å². The number of aromatic nitrogens is 2. The van der Waals surface area contributed by atoms with Crippen LogP contribution in [0.1, 0.15) is 23.0 Å². The van der Waals surface area contributed by atoms with Crippen LogP contribution in [-0.2, 0) is 13.0 Å². The zero-order valence-electron chi connectivity index (χ0n) is 14.0. The molecule has 2 aromatic carbocycles. The van der Waals surface area contributed by atoms with Crippen LogP contribution in [0.15, 0.2) is 60.7 Å². The number of rotatable bonds is 7. The highest BCUT2D eigenvalue weighted by Gasteiger charge is 2.13. The molecule has 5 heteroatoms. The maximum absolute atomic E-state index is 4.55. The molecule has 3 rings (SSSR count). The number of nitrogens with one attached hydrogen (secondary N) is 1. The molecule has 1 aromatic heterocycles. The van der Waals surface area contributed by atoms with E-state index in [0.29, 0.717) is 6.54 Å². The third-order valence-electron chi connectivity index (χ3n) is 3.83. The maximum Gasteiger partial charge on any atom is 0.204 e. The molecule has 0 saturated carbocycles. The minimum atomic E-state index is 0.236.